The van der Waals surface area contributed by atoms with Crippen molar-refractivity contribution in [2.24, 2.45) is 0 Å². The molecule has 4 heterocycles. The lowest BCUT2D eigenvalue weighted by atomic mass is 10.2. The molecule has 0 N–H and O–H groups in total. The van der Waals surface area contributed by atoms with Gasteiger partial charge in [0.05, 0.1) is 17.6 Å². The maximum atomic E-state index is 13.2. The van der Waals surface area contributed by atoms with E-state index in [2.05, 4.69) is 25.1 Å². The summed E-state index contributed by atoms with van der Waals surface area (Å²) in [5, 5.41) is 8.28. The molecule has 1 unspecified atom stereocenters. The third-order valence-corrected chi connectivity index (χ3v) is 4.95. The Morgan fingerprint density at radius 1 is 1.14 bits per heavy atom. The molecule has 29 heavy (non-hydrogen) atoms. The molecule has 146 valence electrons. The summed E-state index contributed by atoms with van der Waals surface area (Å²) in [5.74, 6) is 1.56. The van der Waals surface area contributed by atoms with Crippen LogP contribution in [0.5, 0.6) is 0 Å². The Balaban J connectivity index is 1.43. The van der Waals surface area contributed by atoms with Crippen molar-refractivity contribution < 1.29 is 8.91 Å². The first-order valence-corrected chi connectivity index (χ1v) is 9.38. The van der Waals surface area contributed by atoms with Gasteiger partial charge in [-0.2, -0.15) is 10.1 Å². The summed E-state index contributed by atoms with van der Waals surface area (Å²) in [5.41, 5.74) is 2.39. The molecule has 1 saturated heterocycles. The molecule has 0 aliphatic carbocycles. The number of nitrogens with zero attached hydrogens (tertiary/aromatic N) is 7. The topological polar surface area (TPSA) is 85.8 Å². The molecule has 1 aromatic carbocycles. The summed E-state index contributed by atoms with van der Waals surface area (Å²) in [6.45, 7) is 2.63. The number of anilines is 1. The zero-order valence-corrected chi connectivity index (χ0v) is 15.7. The van der Waals surface area contributed by atoms with E-state index < -0.39 is 0 Å². The first kappa shape index (κ1) is 17.5. The van der Waals surface area contributed by atoms with Gasteiger partial charge in [0.25, 0.3) is 0 Å². The van der Waals surface area contributed by atoms with Crippen molar-refractivity contribution in [3.63, 3.8) is 0 Å². The van der Waals surface area contributed by atoms with E-state index in [9.17, 15) is 4.39 Å². The van der Waals surface area contributed by atoms with Gasteiger partial charge in [-0.3, -0.25) is 0 Å². The highest BCUT2D eigenvalue weighted by Gasteiger charge is 2.32. The van der Waals surface area contributed by atoms with Crippen LogP contribution in [0.3, 0.4) is 0 Å². The molecular weight excluding hydrogens is 373 g/mol. The van der Waals surface area contributed by atoms with Crippen LogP contribution in [-0.4, -0.2) is 36.4 Å². The summed E-state index contributed by atoms with van der Waals surface area (Å²) < 4.78 is 20.2. The van der Waals surface area contributed by atoms with Crippen LogP contribution in [0.2, 0.25) is 0 Å². The highest BCUT2D eigenvalue weighted by Crippen LogP contribution is 2.34. The Bertz CT molecular complexity index is 1140. The second-order valence-electron chi connectivity index (χ2n) is 6.92. The van der Waals surface area contributed by atoms with Crippen LogP contribution >= 0.6 is 0 Å². The van der Waals surface area contributed by atoms with Crippen LogP contribution in [0.4, 0.5) is 10.3 Å². The highest BCUT2D eigenvalue weighted by atomic mass is 19.1. The molecule has 1 aliphatic rings. The Morgan fingerprint density at radius 3 is 2.79 bits per heavy atom. The minimum Gasteiger partial charge on any atom is -0.337 e. The first-order chi connectivity index (χ1) is 14.2. The van der Waals surface area contributed by atoms with Crippen LogP contribution in [0, 0.1) is 12.7 Å². The van der Waals surface area contributed by atoms with Gasteiger partial charge in [0.15, 0.2) is 5.82 Å². The molecule has 1 atom stereocenters. The molecule has 0 spiro atoms. The fourth-order valence-electron chi connectivity index (χ4n) is 3.55. The highest BCUT2D eigenvalue weighted by molar-refractivity contribution is 5.59. The van der Waals surface area contributed by atoms with Crippen molar-refractivity contribution in [3.8, 4) is 16.9 Å². The van der Waals surface area contributed by atoms with Gasteiger partial charge in [0.2, 0.25) is 11.8 Å². The van der Waals surface area contributed by atoms with E-state index in [0.717, 1.165) is 36.3 Å². The predicted octanol–water partition coefficient (Wildman–Crippen LogP) is 3.50. The number of aromatic nitrogens is 6. The zero-order chi connectivity index (χ0) is 19.8. The van der Waals surface area contributed by atoms with Gasteiger partial charge >= 0.3 is 0 Å². The third-order valence-electron chi connectivity index (χ3n) is 4.95. The first-order valence-electron chi connectivity index (χ1n) is 9.38. The van der Waals surface area contributed by atoms with Gasteiger partial charge in [-0.1, -0.05) is 5.16 Å². The number of halogens is 1. The summed E-state index contributed by atoms with van der Waals surface area (Å²) in [6, 6.07) is 8.00. The molecule has 5 rings (SSSR count). The molecule has 0 bridgehead atoms. The quantitative estimate of drug-likeness (QED) is 0.526. The van der Waals surface area contributed by atoms with Gasteiger partial charge < -0.3 is 9.42 Å². The number of hydrogen-bond acceptors (Lipinski definition) is 7. The van der Waals surface area contributed by atoms with E-state index in [1.165, 1.54) is 12.1 Å². The van der Waals surface area contributed by atoms with Crippen molar-refractivity contribution in [1.82, 2.24) is 29.9 Å². The van der Waals surface area contributed by atoms with Crippen molar-refractivity contribution in [2.45, 2.75) is 25.8 Å². The lowest BCUT2D eigenvalue weighted by Crippen LogP contribution is -2.25. The molecule has 0 saturated carbocycles. The molecule has 0 radical (unpaired) electrons. The molecule has 4 aromatic rings. The van der Waals surface area contributed by atoms with Gasteiger partial charge in [0, 0.05) is 24.5 Å². The molecule has 3 aromatic heterocycles. The maximum Gasteiger partial charge on any atom is 0.249 e. The zero-order valence-electron chi connectivity index (χ0n) is 15.7. The molecule has 0 amide bonds. The monoisotopic (exact) mass is 391 g/mol. The fraction of sp³-hybridized carbons (Fsp3) is 0.250. The van der Waals surface area contributed by atoms with Crippen molar-refractivity contribution >= 4 is 5.95 Å². The predicted molar refractivity (Wildman–Crippen MR) is 103 cm³/mol. The van der Waals surface area contributed by atoms with Gasteiger partial charge in [-0.15, -0.1) is 0 Å². The SMILES string of the molecule is Cc1noc(C2CCCN2c2nccc(-c3cnn(-c4ccc(F)cc4)c3)n2)n1. The van der Waals surface area contributed by atoms with Crippen LogP contribution < -0.4 is 4.90 Å². The normalized spacial score (nSPS) is 16.5. The summed E-state index contributed by atoms with van der Waals surface area (Å²) in [4.78, 5) is 15.7. The molecule has 1 aliphatic heterocycles. The van der Waals surface area contributed by atoms with Gasteiger partial charge in [0.1, 0.15) is 11.9 Å². The van der Waals surface area contributed by atoms with E-state index in [-0.39, 0.29) is 11.9 Å². The Morgan fingerprint density at radius 2 is 2.00 bits per heavy atom. The maximum absolute atomic E-state index is 13.2. The molecule has 1 fully saturated rings. The molecule has 9 heteroatoms. The number of benzene rings is 1. The molecule has 8 nitrogen and oxygen atoms in total. The van der Waals surface area contributed by atoms with E-state index in [0.29, 0.717) is 17.7 Å². The van der Waals surface area contributed by atoms with Gasteiger partial charge in [-0.25, -0.2) is 19.0 Å². The minimum atomic E-state index is -0.279. The summed E-state index contributed by atoms with van der Waals surface area (Å²) in [6.07, 6.45) is 7.25. The fourth-order valence-corrected chi connectivity index (χ4v) is 3.55. The second-order valence-corrected chi connectivity index (χ2v) is 6.92. The number of aryl methyl sites for hydroxylation is 1. The average Bonchev–Trinajstić information content (AvgIpc) is 3.49. The van der Waals surface area contributed by atoms with Crippen molar-refractivity contribution in [2.75, 3.05) is 11.4 Å². The average molecular weight is 391 g/mol. The smallest absolute Gasteiger partial charge is 0.249 e. The standard InChI is InChI=1S/C20H18FN7O/c1-13-24-19(29-26-13)18-3-2-10-27(18)20-22-9-8-17(25-20)14-11-23-28(12-14)16-6-4-15(21)5-7-16/h4-9,11-12,18H,2-3,10H2,1H3. The lowest BCUT2D eigenvalue weighted by Gasteiger charge is -2.21. The number of rotatable bonds is 4. The van der Waals surface area contributed by atoms with E-state index in [4.69, 9.17) is 9.51 Å². The Kier molecular flexibility index (Phi) is 4.27. The lowest BCUT2D eigenvalue weighted by molar-refractivity contribution is 0.351. The Labute approximate surface area is 166 Å². The minimum absolute atomic E-state index is 0.0200. The van der Waals surface area contributed by atoms with Crippen LogP contribution in [0.25, 0.3) is 16.9 Å². The summed E-state index contributed by atoms with van der Waals surface area (Å²) >= 11 is 0. The Hall–Kier alpha value is -3.62. The van der Waals surface area contributed by atoms with E-state index >= 15 is 0 Å². The summed E-state index contributed by atoms with van der Waals surface area (Å²) in [7, 11) is 0. The van der Waals surface area contributed by atoms with E-state index in [1.807, 2.05) is 19.2 Å². The van der Waals surface area contributed by atoms with Crippen molar-refractivity contribution in [1.29, 1.82) is 0 Å². The molecular formula is C20H18FN7O. The second kappa shape index (κ2) is 7.08. The van der Waals surface area contributed by atoms with Crippen molar-refractivity contribution in [3.05, 3.63) is 66.5 Å². The largest absolute Gasteiger partial charge is 0.337 e. The van der Waals surface area contributed by atoms with Gasteiger partial charge in [-0.05, 0) is 50.1 Å². The van der Waals surface area contributed by atoms with Crippen LogP contribution in [-0.2, 0) is 0 Å². The van der Waals surface area contributed by atoms with Crippen LogP contribution in [0.15, 0.2) is 53.4 Å². The van der Waals surface area contributed by atoms with Crippen LogP contribution in [0.1, 0.15) is 30.6 Å². The number of hydrogen-bond donors (Lipinski definition) is 0. The third kappa shape index (κ3) is 3.35. The van der Waals surface area contributed by atoms with E-state index in [1.54, 1.807) is 29.2 Å².